The van der Waals surface area contributed by atoms with Crippen LogP contribution in [0.4, 0.5) is 0 Å². The van der Waals surface area contributed by atoms with Crippen LogP contribution in [-0.4, -0.2) is 5.78 Å². The van der Waals surface area contributed by atoms with Gasteiger partial charge in [-0.3, -0.25) is 4.79 Å². The van der Waals surface area contributed by atoms with E-state index >= 15 is 0 Å². The molecule has 0 unspecified atom stereocenters. The van der Waals surface area contributed by atoms with E-state index in [1.807, 2.05) is 13.0 Å². The Bertz CT molecular complexity index is 1040. The van der Waals surface area contributed by atoms with Gasteiger partial charge in [0.05, 0.1) is 11.8 Å². The molecular formula is C23H20O4. The summed E-state index contributed by atoms with van der Waals surface area (Å²) in [4.78, 5) is 12.6. The van der Waals surface area contributed by atoms with Crippen LogP contribution in [0.5, 0.6) is 11.5 Å². The molecule has 2 heterocycles. The van der Waals surface area contributed by atoms with E-state index in [2.05, 4.69) is 32.0 Å². The van der Waals surface area contributed by atoms with Crippen LogP contribution in [0.25, 0.3) is 6.08 Å². The van der Waals surface area contributed by atoms with Gasteiger partial charge in [0.15, 0.2) is 5.76 Å². The molecule has 1 aliphatic heterocycles. The monoisotopic (exact) mass is 360 g/mol. The first kappa shape index (κ1) is 17.2. The van der Waals surface area contributed by atoms with Gasteiger partial charge in [0.1, 0.15) is 23.9 Å². The average Bonchev–Trinajstić information content (AvgIpc) is 3.25. The average molecular weight is 360 g/mol. The van der Waals surface area contributed by atoms with Gasteiger partial charge < -0.3 is 13.9 Å². The van der Waals surface area contributed by atoms with Gasteiger partial charge in [0.25, 0.3) is 0 Å². The van der Waals surface area contributed by atoms with Crippen molar-refractivity contribution >= 4 is 11.9 Å². The lowest BCUT2D eigenvalue weighted by Crippen LogP contribution is -2.00. The second-order valence-corrected chi connectivity index (χ2v) is 6.79. The van der Waals surface area contributed by atoms with Crippen molar-refractivity contribution in [2.45, 2.75) is 27.4 Å². The van der Waals surface area contributed by atoms with Crippen molar-refractivity contribution in [1.82, 2.24) is 0 Å². The standard InChI is InChI=1S/C23H20O4/c1-14-6-7-15(2)17(9-14)13-26-19-10-16(3)22-20(12-19)27-21(23(22)24)11-18-5-4-8-25-18/h4-12H,13H2,1-3H3/b21-11-. The number of carbonyl (C=O) groups excluding carboxylic acids is 1. The predicted molar refractivity (Wildman–Crippen MR) is 103 cm³/mol. The number of carbonyl (C=O) groups is 1. The highest BCUT2D eigenvalue weighted by Gasteiger charge is 2.30. The summed E-state index contributed by atoms with van der Waals surface area (Å²) in [7, 11) is 0. The van der Waals surface area contributed by atoms with Gasteiger partial charge in [-0.2, -0.15) is 0 Å². The van der Waals surface area contributed by atoms with Crippen LogP contribution in [0.2, 0.25) is 0 Å². The number of hydrogen-bond donors (Lipinski definition) is 0. The van der Waals surface area contributed by atoms with Crippen LogP contribution in [0.15, 0.2) is 58.9 Å². The van der Waals surface area contributed by atoms with Crippen LogP contribution in [0.1, 0.15) is 38.4 Å². The fourth-order valence-corrected chi connectivity index (χ4v) is 3.18. The number of ketones is 1. The topological polar surface area (TPSA) is 48.7 Å². The molecule has 1 aliphatic rings. The Morgan fingerprint density at radius 3 is 2.67 bits per heavy atom. The molecule has 4 heteroatoms. The number of allylic oxidation sites excluding steroid dienone is 1. The van der Waals surface area contributed by atoms with E-state index in [0.29, 0.717) is 29.4 Å². The van der Waals surface area contributed by atoms with Crippen molar-refractivity contribution in [2.24, 2.45) is 0 Å². The third-order valence-corrected chi connectivity index (χ3v) is 4.66. The summed E-state index contributed by atoms with van der Waals surface area (Å²) in [5.41, 5.74) is 4.94. The largest absolute Gasteiger partial charge is 0.489 e. The number of hydrogen-bond acceptors (Lipinski definition) is 4. The summed E-state index contributed by atoms with van der Waals surface area (Å²) in [5, 5.41) is 0. The van der Waals surface area contributed by atoms with Gasteiger partial charge in [-0.05, 0) is 55.7 Å². The molecule has 0 N–H and O–H groups in total. The minimum atomic E-state index is -0.139. The molecule has 0 radical (unpaired) electrons. The smallest absolute Gasteiger partial charge is 0.232 e. The maximum absolute atomic E-state index is 12.6. The Hall–Kier alpha value is -3.27. The molecule has 136 valence electrons. The van der Waals surface area contributed by atoms with Crippen LogP contribution < -0.4 is 9.47 Å². The summed E-state index contributed by atoms with van der Waals surface area (Å²) in [5.74, 6) is 1.90. The van der Waals surface area contributed by atoms with Gasteiger partial charge in [0.2, 0.25) is 5.78 Å². The summed E-state index contributed by atoms with van der Waals surface area (Å²) < 4.78 is 17.0. The first-order valence-electron chi connectivity index (χ1n) is 8.82. The third kappa shape index (κ3) is 3.38. The van der Waals surface area contributed by atoms with Gasteiger partial charge in [-0.25, -0.2) is 0 Å². The predicted octanol–water partition coefficient (Wildman–Crippen LogP) is 5.40. The lowest BCUT2D eigenvalue weighted by atomic mass is 10.0. The number of furan rings is 1. The first-order valence-corrected chi connectivity index (χ1v) is 8.82. The van der Waals surface area contributed by atoms with Gasteiger partial charge >= 0.3 is 0 Å². The molecular weight excluding hydrogens is 340 g/mol. The van der Waals surface area contributed by atoms with Crippen LogP contribution in [-0.2, 0) is 6.61 Å². The van der Waals surface area contributed by atoms with Crippen molar-refractivity contribution in [3.05, 3.63) is 88.1 Å². The molecule has 4 nitrogen and oxygen atoms in total. The number of fused-ring (bicyclic) bond motifs is 1. The number of Topliss-reactive ketones (excluding diaryl/α,β-unsaturated/α-hetero) is 1. The molecule has 27 heavy (non-hydrogen) atoms. The van der Waals surface area contributed by atoms with E-state index in [-0.39, 0.29) is 11.5 Å². The van der Waals surface area contributed by atoms with Crippen LogP contribution >= 0.6 is 0 Å². The normalized spacial score (nSPS) is 14.3. The highest BCUT2D eigenvalue weighted by atomic mass is 16.5. The number of ether oxygens (including phenoxy) is 2. The molecule has 0 aliphatic carbocycles. The zero-order valence-electron chi connectivity index (χ0n) is 15.5. The Labute approximate surface area is 158 Å². The Balaban J connectivity index is 1.58. The Kier molecular flexibility index (Phi) is 4.32. The van der Waals surface area contributed by atoms with Crippen molar-refractivity contribution in [3.8, 4) is 11.5 Å². The summed E-state index contributed by atoms with van der Waals surface area (Å²) in [6, 6.07) is 13.5. The molecule has 0 fully saturated rings. The molecule has 2 aromatic carbocycles. The van der Waals surface area contributed by atoms with Gasteiger partial charge in [0, 0.05) is 12.1 Å². The van der Waals surface area contributed by atoms with Crippen molar-refractivity contribution in [2.75, 3.05) is 0 Å². The minimum Gasteiger partial charge on any atom is -0.489 e. The second kappa shape index (κ2) is 6.80. The lowest BCUT2D eigenvalue weighted by molar-refractivity contribution is 0.101. The fourth-order valence-electron chi connectivity index (χ4n) is 3.18. The quantitative estimate of drug-likeness (QED) is 0.585. The van der Waals surface area contributed by atoms with Crippen molar-refractivity contribution in [1.29, 1.82) is 0 Å². The number of benzene rings is 2. The summed E-state index contributed by atoms with van der Waals surface area (Å²) >= 11 is 0. The summed E-state index contributed by atoms with van der Waals surface area (Å²) in [6.45, 7) is 6.49. The molecule has 0 spiro atoms. The van der Waals surface area contributed by atoms with Crippen LogP contribution in [0, 0.1) is 20.8 Å². The molecule has 0 saturated heterocycles. The molecule has 4 rings (SSSR count). The fraction of sp³-hybridized carbons (Fsp3) is 0.174. The highest BCUT2D eigenvalue weighted by Crippen LogP contribution is 2.37. The maximum Gasteiger partial charge on any atom is 0.232 e. The van der Waals surface area contributed by atoms with Crippen molar-refractivity contribution < 1.29 is 18.7 Å². The van der Waals surface area contributed by atoms with E-state index < -0.39 is 0 Å². The van der Waals surface area contributed by atoms with E-state index in [9.17, 15) is 4.79 Å². The molecule has 0 saturated carbocycles. The van der Waals surface area contributed by atoms with E-state index in [4.69, 9.17) is 13.9 Å². The summed E-state index contributed by atoms with van der Waals surface area (Å²) in [6.07, 6.45) is 3.17. The molecule has 0 atom stereocenters. The van der Waals surface area contributed by atoms with E-state index in [0.717, 1.165) is 11.1 Å². The van der Waals surface area contributed by atoms with Gasteiger partial charge in [-0.1, -0.05) is 23.8 Å². The molecule has 3 aromatic rings. The lowest BCUT2D eigenvalue weighted by Gasteiger charge is -2.11. The first-order chi connectivity index (χ1) is 13.0. The third-order valence-electron chi connectivity index (χ3n) is 4.66. The Morgan fingerprint density at radius 1 is 1.04 bits per heavy atom. The Morgan fingerprint density at radius 2 is 1.89 bits per heavy atom. The van der Waals surface area contributed by atoms with Crippen LogP contribution in [0.3, 0.4) is 0 Å². The SMILES string of the molecule is Cc1ccc(C)c(COc2cc(C)c3c(c2)O/C(=C\c2ccco2)C3=O)c1. The second-order valence-electron chi connectivity index (χ2n) is 6.79. The molecule has 1 aromatic heterocycles. The zero-order chi connectivity index (χ0) is 19.0. The maximum atomic E-state index is 12.6. The molecule has 0 bridgehead atoms. The number of rotatable bonds is 4. The van der Waals surface area contributed by atoms with Gasteiger partial charge in [-0.15, -0.1) is 0 Å². The van der Waals surface area contributed by atoms with Crippen molar-refractivity contribution in [3.63, 3.8) is 0 Å². The van der Waals surface area contributed by atoms with E-state index in [1.54, 1.807) is 30.5 Å². The number of aryl methyl sites for hydroxylation is 3. The highest BCUT2D eigenvalue weighted by molar-refractivity contribution is 6.15. The molecule has 0 amide bonds. The minimum absolute atomic E-state index is 0.139. The zero-order valence-corrected chi connectivity index (χ0v) is 15.5. The van der Waals surface area contributed by atoms with E-state index in [1.165, 1.54) is 11.1 Å².